The van der Waals surface area contributed by atoms with Crippen LogP contribution in [0, 0.1) is 0 Å². The van der Waals surface area contributed by atoms with E-state index in [9.17, 15) is 14.4 Å². The Morgan fingerprint density at radius 1 is 1.32 bits per heavy atom. The molecule has 1 saturated carbocycles. The van der Waals surface area contributed by atoms with Crippen molar-refractivity contribution < 1.29 is 14.4 Å². The van der Waals surface area contributed by atoms with Crippen molar-refractivity contribution in [3.8, 4) is 0 Å². The molecule has 2 fully saturated rings. The zero-order valence-corrected chi connectivity index (χ0v) is 12.5. The molecule has 1 aliphatic heterocycles. The summed E-state index contributed by atoms with van der Waals surface area (Å²) in [5.74, 6) is -0.650. The average molecular weight is 301 g/mol. The molecule has 1 heterocycles. The fraction of sp³-hybridized carbons (Fsp3) is 0.438. The minimum atomic E-state index is -1.07. The molecule has 6 nitrogen and oxygen atoms in total. The first-order chi connectivity index (χ1) is 10.6. The van der Waals surface area contributed by atoms with E-state index in [1.807, 2.05) is 37.3 Å². The maximum atomic E-state index is 12.8. The summed E-state index contributed by atoms with van der Waals surface area (Å²) in [5.41, 5.74) is -0.334. The fourth-order valence-corrected chi connectivity index (χ4v) is 2.78. The van der Waals surface area contributed by atoms with Crippen molar-refractivity contribution in [2.45, 2.75) is 37.8 Å². The first-order valence-corrected chi connectivity index (χ1v) is 7.56. The molecule has 2 N–H and O–H groups in total. The molecule has 1 aromatic carbocycles. The highest BCUT2D eigenvalue weighted by molar-refractivity contribution is 6.09. The van der Waals surface area contributed by atoms with Crippen LogP contribution in [0.5, 0.6) is 0 Å². The second-order valence-corrected chi connectivity index (χ2v) is 5.79. The van der Waals surface area contributed by atoms with Crippen molar-refractivity contribution in [3.05, 3.63) is 35.9 Å². The van der Waals surface area contributed by atoms with E-state index < -0.39 is 11.6 Å². The minimum absolute atomic E-state index is 0.207. The van der Waals surface area contributed by atoms with Crippen LogP contribution in [0.15, 0.2) is 30.3 Å². The largest absolute Gasteiger partial charge is 0.352 e. The van der Waals surface area contributed by atoms with Gasteiger partial charge in [0.05, 0.1) is 0 Å². The highest BCUT2D eigenvalue weighted by atomic mass is 16.2. The van der Waals surface area contributed by atoms with Crippen molar-refractivity contribution in [2.24, 2.45) is 0 Å². The van der Waals surface area contributed by atoms with Crippen LogP contribution < -0.4 is 10.6 Å². The Labute approximate surface area is 128 Å². The summed E-state index contributed by atoms with van der Waals surface area (Å²) in [6.07, 6.45) is 2.37. The number of benzene rings is 1. The molecule has 0 aromatic heterocycles. The van der Waals surface area contributed by atoms with Gasteiger partial charge < -0.3 is 10.6 Å². The minimum Gasteiger partial charge on any atom is -0.352 e. The number of imide groups is 1. The Morgan fingerprint density at radius 2 is 2.00 bits per heavy atom. The maximum absolute atomic E-state index is 12.8. The van der Waals surface area contributed by atoms with Crippen LogP contribution in [0.3, 0.4) is 0 Å². The van der Waals surface area contributed by atoms with Crippen LogP contribution in [0.1, 0.15) is 31.7 Å². The molecule has 0 bridgehead atoms. The molecule has 2 aliphatic rings. The smallest absolute Gasteiger partial charge is 0.325 e. The number of carbonyl (C=O) groups excluding carboxylic acids is 3. The summed E-state index contributed by atoms with van der Waals surface area (Å²) >= 11 is 0. The first-order valence-electron chi connectivity index (χ1n) is 7.56. The molecule has 1 saturated heterocycles. The van der Waals surface area contributed by atoms with Gasteiger partial charge in [0.2, 0.25) is 5.91 Å². The number of rotatable bonds is 5. The maximum Gasteiger partial charge on any atom is 0.325 e. The number of nitrogens with one attached hydrogen (secondary N) is 2. The predicted molar refractivity (Wildman–Crippen MR) is 79.8 cm³/mol. The van der Waals surface area contributed by atoms with E-state index in [0.717, 1.165) is 23.3 Å². The summed E-state index contributed by atoms with van der Waals surface area (Å²) in [7, 11) is 0. The van der Waals surface area contributed by atoms with Gasteiger partial charge >= 0.3 is 6.03 Å². The van der Waals surface area contributed by atoms with Gasteiger partial charge in [-0.15, -0.1) is 0 Å². The average Bonchev–Trinajstić information content (AvgIpc) is 3.30. The van der Waals surface area contributed by atoms with E-state index in [1.165, 1.54) is 0 Å². The second-order valence-electron chi connectivity index (χ2n) is 5.79. The standard InChI is InChI=1S/C16H19N3O3/c1-2-16(11-6-4-3-5-7-11)14(21)19(15(22)18-16)10-13(20)17-12-8-9-12/h3-7,12H,2,8-10H2,1H3,(H,17,20)(H,18,22)/t16-/m1/s1. The second kappa shape index (κ2) is 5.44. The van der Waals surface area contributed by atoms with E-state index in [-0.39, 0.29) is 24.4 Å². The number of hydrogen-bond acceptors (Lipinski definition) is 3. The molecule has 116 valence electrons. The number of nitrogens with zero attached hydrogens (tertiary/aromatic N) is 1. The Bertz CT molecular complexity index is 612. The first kappa shape index (κ1) is 14.6. The van der Waals surface area contributed by atoms with Gasteiger partial charge in [-0.25, -0.2) is 4.79 Å². The van der Waals surface area contributed by atoms with E-state index >= 15 is 0 Å². The van der Waals surface area contributed by atoms with Crippen molar-refractivity contribution in [1.82, 2.24) is 15.5 Å². The Kier molecular flexibility index (Phi) is 3.60. The van der Waals surface area contributed by atoms with E-state index in [0.29, 0.717) is 6.42 Å². The third kappa shape index (κ3) is 2.45. The van der Waals surface area contributed by atoms with Crippen LogP contribution in [-0.2, 0) is 15.1 Å². The van der Waals surface area contributed by atoms with Gasteiger partial charge in [-0.1, -0.05) is 37.3 Å². The fourth-order valence-electron chi connectivity index (χ4n) is 2.78. The van der Waals surface area contributed by atoms with Crippen molar-refractivity contribution in [1.29, 1.82) is 0 Å². The highest BCUT2D eigenvalue weighted by Crippen LogP contribution is 2.32. The quantitative estimate of drug-likeness (QED) is 0.800. The number of amides is 4. The Hall–Kier alpha value is -2.37. The normalized spacial score (nSPS) is 24.3. The van der Waals surface area contributed by atoms with Crippen molar-refractivity contribution in [2.75, 3.05) is 6.54 Å². The number of hydrogen-bond donors (Lipinski definition) is 2. The van der Waals surface area contributed by atoms with Gasteiger partial charge in [-0.3, -0.25) is 14.5 Å². The number of carbonyl (C=O) groups is 3. The number of urea groups is 1. The van der Waals surface area contributed by atoms with E-state index in [4.69, 9.17) is 0 Å². The van der Waals surface area contributed by atoms with Gasteiger partial charge in [-0.2, -0.15) is 0 Å². The molecular weight excluding hydrogens is 282 g/mol. The molecule has 4 amide bonds. The third-order valence-electron chi connectivity index (χ3n) is 4.22. The molecule has 1 aliphatic carbocycles. The van der Waals surface area contributed by atoms with Gasteiger partial charge in [0.15, 0.2) is 0 Å². The molecule has 0 unspecified atom stereocenters. The molecular formula is C16H19N3O3. The molecule has 0 spiro atoms. The van der Waals surface area contributed by atoms with E-state index in [1.54, 1.807) is 0 Å². The SMILES string of the molecule is CC[C@]1(c2ccccc2)NC(=O)N(CC(=O)NC2CC2)C1=O. The van der Waals surface area contributed by atoms with Gasteiger partial charge in [-0.05, 0) is 24.8 Å². The molecule has 22 heavy (non-hydrogen) atoms. The zero-order valence-electron chi connectivity index (χ0n) is 12.5. The van der Waals surface area contributed by atoms with Crippen LogP contribution in [-0.4, -0.2) is 35.3 Å². The third-order valence-corrected chi connectivity index (χ3v) is 4.22. The van der Waals surface area contributed by atoms with Crippen LogP contribution in [0.4, 0.5) is 4.79 Å². The summed E-state index contributed by atoms with van der Waals surface area (Å²) in [5, 5.41) is 5.56. The van der Waals surface area contributed by atoms with Crippen molar-refractivity contribution in [3.63, 3.8) is 0 Å². The Balaban J connectivity index is 1.81. The summed E-state index contributed by atoms with van der Waals surface area (Å²) in [6, 6.07) is 8.84. The lowest BCUT2D eigenvalue weighted by Crippen LogP contribution is -2.45. The van der Waals surface area contributed by atoms with Gasteiger partial charge in [0, 0.05) is 6.04 Å². The van der Waals surface area contributed by atoms with Crippen molar-refractivity contribution >= 4 is 17.8 Å². The van der Waals surface area contributed by atoms with Crippen LogP contribution in [0.25, 0.3) is 0 Å². The van der Waals surface area contributed by atoms with Gasteiger partial charge in [0.1, 0.15) is 12.1 Å². The summed E-state index contributed by atoms with van der Waals surface area (Å²) in [6.45, 7) is 1.62. The Morgan fingerprint density at radius 3 is 2.59 bits per heavy atom. The zero-order chi connectivity index (χ0) is 15.7. The lowest BCUT2D eigenvalue weighted by atomic mass is 9.87. The summed E-state index contributed by atoms with van der Waals surface area (Å²) in [4.78, 5) is 37.9. The molecule has 1 atom stereocenters. The molecule has 1 aromatic rings. The monoisotopic (exact) mass is 301 g/mol. The topological polar surface area (TPSA) is 78.5 Å². The van der Waals surface area contributed by atoms with E-state index in [2.05, 4.69) is 10.6 Å². The predicted octanol–water partition coefficient (Wildman–Crippen LogP) is 1.12. The molecule has 0 radical (unpaired) electrons. The lowest BCUT2D eigenvalue weighted by Gasteiger charge is -2.25. The molecule has 3 rings (SSSR count). The highest BCUT2D eigenvalue weighted by Gasteiger charge is 2.51. The van der Waals surface area contributed by atoms with Crippen LogP contribution >= 0.6 is 0 Å². The molecule has 6 heteroatoms. The summed E-state index contributed by atoms with van der Waals surface area (Å²) < 4.78 is 0. The van der Waals surface area contributed by atoms with Crippen LogP contribution in [0.2, 0.25) is 0 Å². The van der Waals surface area contributed by atoms with Gasteiger partial charge in [0.25, 0.3) is 5.91 Å². The lowest BCUT2D eigenvalue weighted by molar-refractivity contribution is -0.135.